The van der Waals surface area contributed by atoms with E-state index in [4.69, 9.17) is 0 Å². The van der Waals surface area contributed by atoms with Gasteiger partial charge in [-0.3, -0.25) is 5.01 Å². The molecule has 0 aliphatic carbocycles. The minimum atomic E-state index is -0.0590. The summed E-state index contributed by atoms with van der Waals surface area (Å²) in [5, 5.41) is 4.09. The molecule has 0 unspecified atom stereocenters. The second-order valence-corrected chi connectivity index (χ2v) is 1.70. The van der Waals surface area contributed by atoms with E-state index in [1.807, 2.05) is 0 Å². The van der Waals surface area contributed by atoms with E-state index in [0.717, 1.165) is 13.1 Å². The van der Waals surface area contributed by atoms with Gasteiger partial charge in [-0.15, -0.1) is 0 Å². The van der Waals surface area contributed by atoms with Gasteiger partial charge in [0.2, 0.25) is 0 Å². The monoisotopic (exact) mass is 115 g/mol. The van der Waals surface area contributed by atoms with E-state index in [-0.39, 0.29) is 6.03 Å². The predicted molar refractivity (Wildman–Crippen MR) is 29.2 cm³/mol. The van der Waals surface area contributed by atoms with E-state index in [1.54, 1.807) is 7.05 Å². The van der Waals surface area contributed by atoms with Crippen molar-refractivity contribution in [1.29, 1.82) is 0 Å². The van der Waals surface area contributed by atoms with Crippen molar-refractivity contribution in [2.24, 2.45) is 0 Å². The number of nitrogens with zero attached hydrogens (tertiary/aromatic N) is 1. The molecule has 8 heavy (non-hydrogen) atoms. The maximum absolute atomic E-state index is 10.5. The minimum absolute atomic E-state index is 0.0590. The van der Waals surface area contributed by atoms with Crippen molar-refractivity contribution in [3.8, 4) is 0 Å². The highest BCUT2D eigenvalue weighted by Crippen LogP contribution is 1.81. The van der Waals surface area contributed by atoms with Crippen LogP contribution in [0, 0.1) is 0 Å². The lowest BCUT2D eigenvalue weighted by Gasteiger charge is -2.23. The van der Waals surface area contributed by atoms with Gasteiger partial charge in [-0.2, -0.15) is 0 Å². The Morgan fingerprint density at radius 2 is 2.38 bits per heavy atom. The van der Waals surface area contributed by atoms with Crippen LogP contribution in [0.25, 0.3) is 0 Å². The molecule has 0 aromatic rings. The summed E-state index contributed by atoms with van der Waals surface area (Å²) in [6, 6.07) is -0.0590. The summed E-state index contributed by atoms with van der Waals surface area (Å²) in [4.78, 5) is 10.5. The molecule has 0 atom stereocenters. The molecule has 0 radical (unpaired) electrons. The van der Waals surface area contributed by atoms with Gasteiger partial charge in [0.1, 0.15) is 0 Å². The molecule has 46 valence electrons. The molecular weight excluding hydrogens is 106 g/mol. The van der Waals surface area contributed by atoms with Crippen molar-refractivity contribution in [2.45, 2.75) is 0 Å². The van der Waals surface area contributed by atoms with Crippen LogP contribution in [0.3, 0.4) is 0 Å². The van der Waals surface area contributed by atoms with Crippen molar-refractivity contribution in [3.63, 3.8) is 0 Å². The van der Waals surface area contributed by atoms with Crippen molar-refractivity contribution < 1.29 is 4.79 Å². The summed E-state index contributed by atoms with van der Waals surface area (Å²) in [7, 11) is 1.69. The molecule has 0 spiro atoms. The van der Waals surface area contributed by atoms with Crippen LogP contribution in [0.1, 0.15) is 0 Å². The predicted octanol–water partition coefficient (Wildman–Crippen LogP) is -0.854. The number of amides is 2. The zero-order chi connectivity index (χ0) is 5.98. The third-order valence-electron chi connectivity index (χ3n) is 1.05. The van der Waals surface area contributed by atoms with Gasteiger partial charge in [-0.25, -0.2) is 10.2 Å². The first-order valence-electron chi connectivity index (χ1n) is 2.56. The fourth-order valence-electron chi connectivity index (χ4n) is 0.583. The minimum Gasteiger partial charge on any atom is -0.336 e. The molecule has 1 fully saturated rings. The highest BCUT2D eigenvalue weighted by molar-refractivity contribution is 5.73. The van der Waals surface area contributed by atoms with Crippen LogP contribution in [-0.2, 0) is 0 Å². The zero-order valence-electron chi connectivity index (χ0n) is 4.77. The highest BCUT2D eigenvalue weighted by Gasteiger charge is 2.10. The summed E-state index contributed by atoms with van der Waals surface area (Å²) in [6.45, 7) is 1.55. The average Bonchev–Trinajstić information content (AvgIpc) is 1.77. The summed E-state index contributed by atoms with van der Waals surface area (Å²) in [6.07, 6.45) is 0. The van der Waals surface area contributed by atoms with E-state index >= 15 is 0 Å². The number of carbonyl (C=O) groups excluding carboxylic acids is 1. The summed E-state index contributed by atoms with van der Waals surface area (Å²) in [5.74, 6) is 0. The fourth-order valence-corrected chi connectivity index (χ4v) is 0.583. The van der Waals surface area contributed by atoms with E-state index < -0.39 is 0 Å². The van der Waals surface area contributed by atoms with Crippen molar-refractivity contribution in [2.75, 3.05) is 20.1 Å². The molecule has 4 heteroatoms. The number of urea groups is 1. The van der Waals surface area contributed by atoms with Gasteiger partial charge in [-0.05, 0) is 0 Å². The molecule has 0 aromatic heterocycles. The molecule has 2 amide bonds. The van der Waals surface area contributed by atoms with Gasteiger partial charge in [0, 0.05) is 20.1 Å². The lowest BCUT2D eigenvalue weighted by Crippen LogP contribution is -2.53. The second kappa shape index (κ2) is 2.00. The highest BCUT2D eigenvalue weighted by atomic mass is 16.2. The van der Waals surface area contributed by atoms with E-state index in [0.29, 0.717) is 0 Å². The van der Waals surface area contributed by atoms with Gasteiger partial charge >= 0.3 is 6.03 Å². The molecule has 0 saturated carbocycles. The van der Waals surface area contributed by atoms with Gasteiger partial charge in [0.15, 0.2) is 0 Å². The number of hydrogen-bond donors (Lipinski definition) is 2. The Bertz CT molecular complexity index is 103. The standard InChI is InChI=1S/C4H9N3O/c1-7-4(8)5-2-3-6-7/h6H,2-3H2,1H3,(H,5,8). The molecule has 0 aromatic carbocycles. The van der Waals surface area contributed by atoms with Crippen molar-refractivity contribution in [3.05, 3.63) is 0 Å². The summed E-state index contributed by atoms with van der Waals surface area (Å²) in [5.41, 5.74) is 2.85. The fraction of sp³-hybridized carbons (Fsp3) is 0.750. The van der Waals surface area contributed by atoms with Gasteiger partial charge in [0.05, 0.1) is 0 Å². The van der Waals surface area contributed by atoms with Crippen LogP contribution < -0.4 is 10.7 Å². The number of hydrogen-bond acceptors (Lipinski definition) is 2. The number of hydrazine groups is 1. The van der Waals surface area contributed by atoms with Crippen LogP contribution in [-0.4, -0.2) is 31.2 Å². The van der Waals surface area contributed by atoms with Crippen LogP contribution in [0.4, 0.5) is 4.79 Å². The van der Waals surface area contributed by atoms with Gasteiger partial charge < -0.3 is 5.32 Å². The van der Waals surface area contributed by atoms with Crippen molar-refractivity contribution >= 4 is 6.03 Å². The van der Waals surface area contributed by atoms with Gasteiger partial charge in [-0.1, -0.05) is 0 Å². The Labute approximate surface area is 47.8 Å². The van der Waals surface area contributed by atoms with Crippen molar-refractivity contribution in [1.82, 2.24) is 15.8 Å². The smallest absolute Gasteiger partial charge is 0.331 e. The molecule has 1 aliphatic rings. The molecule has 4 nitrogen and oxygen atoms in total. The molecule has 0 bridgehead atoms. The van der Waals surface area contributed by atoms with E-state index in [2.05, 4.69) is 10.7 Å². The molecular formula is C4H9N3O. The Hall–Kier alpha value is -0.770. The van der Waals surface area contributed by atoms with Gasteiger partial charge in [0.25, 0.3) is 0 Å². The first kappa shape index (κ1) is 5.37. The lowest BCUT2D eigenvalue weighted by atomic mass is 10.6. The zero-order valence-corrected chi connectivity index (χ0v) is 4.77. The summed E-state index contributed by atoms with van der Waals surface area (Å²) < 4.78 is 0. The van der Waals surface area contributed by atoms with Crippen LogP contribution in [0.2, 0.25) is 0 Å². The number of rotatable bonds is 0. The Morgan fingerprint density at radius 1 is 1.62 bits per heavy atom. The Morgan fingerprint density at radius 3 is 2.75 bits per heavy atom. The molecule has 1 heterocycles. The molecule has 1 rings (SSSR count). The van der Waals surface area contributed by atoms with Crippen LogP contribution in [0.15, 0.2) is 0 Å². The SMILES string of the molecule is CN1NCCNC1=O. The van der Waals surface area contributed by atoms with E-state index in [1.165, 1.54) is 5.01 Å². The third-order valence-corrected chi connectivity index (χ3v) is 1.05. The summed E-state index contributed by atoms with van der Waals surface area (Å²) >= 11 is 0. The first-order valence-corrected chi connectivity index (χ1v) is 2.56. The first-order chi connectivity index (χ1) is 3.80. The normalized spacial score (nSPS) is 20.6. The maximum Gasteiger partial charge on any atom is 0.331 e. The average molecular weight is 115 g/mol. The number of carbonyl (C=O) groups is 1. The number of nitrogens with one attached hydrogen (secondary N) is 2. The third kappa shape index (κ3) is 0.894. The molecule has 2 N–H and O–H groups in total. The largest absolute Gasteiger partial charge is 0.336 e. The lowest BCUT2D eigenvalue weighted by molar-refractivity contribution is 0.174. The Balaban J connectivity index is 2.39. The van der Waals surface area contributed by atoms with E-state index in [9.17, 15) is 4.79 Å². The van der Waals surface area contributed by atoms with Crippen LogP contribution in [0.5, 0.6) is 0 Å². The topological polar surface area (TPSA) is 44.4 Å². The molecule has 1 saturated heterocycles. The molecule has 1 aliphatic heterocycles. The quantitative estimate of drug-likeness (QED) is 0.431. The maximum atomic E-state index is 10.5. The Kier molecular flexibility index (Phi) is 1.34. The van der Waals surface area contributed by atoms with Crippen LogP contribution >= 0.6 is 0 Å². The second-order valence-electron chi connectivity index (χ2n) is 1.70.